The van der Waals surface area contributed by atoms with Gasteiger partial charge in [-0.2, -0.15) is 0 Å². The molecule has 0 aromatic heterocycles. The summed E-state index contributed by atoms with van der Waals surface area (Å²) in [6, 6.07) is 0. The normalized spacial score (nSPS) is 12.1. The van der Waals surface area contributed by atoms with Gasteiger partial charge < -0.3 is 9.21 Å². The molecule has 4 nitrogen and oxygen atoms in total. The number of halogens is 1. The van der Waals surface area contributed by atoms with Crippen molar-refractivity contribution < 1.29 is 12.9 Å². The third-order valence-corrected chi connectivity index (χ3v) is 6.41. The quantitative estimate of drug-likeness (QED) is 0.0975. The van der Waals surface area contributed by atoms with Crippen molar-refractivity contribution in [3.05, 3.63) is 4.72 Å². The van der Waals surface area contributed by atoms with Crippen LogP contribution < -0.4 is 0 Å². The summed E-state index contributed by atoms with van der Waals surface area (Å²) in [5, 5.41) is 0. The SMILES string of the molecule is CCCCCCCCCCCCCCCCS(=O)(=O)[N-]CCC[N+](C)(C)C.I. The van der Waals surface area contributed by atoms with E-state index in [2.05, 4.69) is 32.8 Å². The lowest BCUT2D eigenvalue weighted by Gasteiger charge is -2.26. The topological polar surface area (TPSA) is 48.2 Å². The van der Waals surface area contributed by atoms with Gasteiger partial charge in [0.2, 0.25) is 0 Å². The Morgan fingerprint density at radius 3 is 1.43 bits per heavy atom. The Kier molecular flexibility index (Phi) is 21.5. The van der Waals surface area contributed by atoms with Crippen LogP contribution in [-0.2, 0) is 10.0 Å². The van der Waals surface area contributed by atoms with Crippen LogP contribution in [0.3, 0.4) is 0 Å². The first-order valence-electron chi connectivity index (χ1n) is 11.5. The molecule has 28 heavy (non-hydrogen) atoms. The number of rotatable bonds is 20. The predicted octanol–water partition coefficient (Wildman–Crippen LogP) is 6.89. The van der Waals surface area contributed by atoms with E-state index in [1.165, 1.54) is 70.6 Å². The molecule has 0 atom stereocenters. The van der Waals surface area contributed by atoms with Gasteiger partial charge >= 0.3 is 0 Å². The largest absolute Gasteiger partial charge is 0.549 e. The highest BCUT2D eigenvalue weighted by Crippen LogP contribution is 2.14. The fourth-order valence-corrected chi connectivity index (χ4v) is 4.40. The average molecular weight is 533 g/mol. The van der Waals surface area contributed by atoms with E-state index in [0.29, 0.717) is 6.54 Å². The molecule has 0 saturated heterocycles. The van der Waals surface area contributed by atoms with Crippen LogP contribution in [0, 0.1) is 0 Å². The van der Waals surface area contributed by atoms with Gasteiger partial charge in [-0.25, -0.2) is 8.42 Å². The molecule has 0 aromatic rings. The molecular formula is C22H49IN2O2S. The monoisotopic (exact) mass is 532 g/mol. The van der Waals surface area contributed by atoms with Crippen molar-refractivity contribution in [1.29, 1.82) is 0 Å². The molecular weight excluding hydrogens is 483 g/mol. The number of quaternary nitrogens is 1. The molecule has 0 aliphatic rings. The molecule has 0 bridgehead atoms. The molecule has 0 amide bonds. The second-order valence-corrected chi connectivity index (χ2v) is 10.9. The summed E-state index contributed by atoms with van der Waals surface area (Å²) in [7, 11) is 3.15. The van der Waals surface area contributed by atoms with Gasteiger partial charge in [-0.15, -0.1) is 30.5 Å². The molecule has 172 valence electrons. The first-order chi connectivity index (χ1) is 12.8. The van der Waals surface area contributed by atoms with E-state index >= 15 is 0 Å². The van der Waals surface area contributed by atoms with Crippen LogP contribution in [0.1, 0.15) is 103 Å². The second-order valence-electron chi connectivity index (χ2n) is 9.10. The van der Waals surface area contributed by atoms with Crippen molar-refractivity contribution in [3.8, 4) is 0 Å². The van der Waals surface area contributed by atoms with Crippen molar-refractivity contribution >= 4 is 34.0 Å². The zero-order valence-corrected chi connectivity index (χ0v) is 22.4. The van der Waals surface area contributed by atoms with E-state index in [4.69, 9.17) is 0 Å². The molecule has 0 unspecified atom stereocenters. The summed E-state index contributed by atoms with van der Waals surface area (Å²) < 4.78 is 28.6. The molecule has 0 heterocycles. The van der Waals surface area contributed by atoms with Gasteiger partial charge in [-0.3, -0.25) is 0 Å². The van der Waals surface area contributed by atoms with Crippen LogP contribution in [0.4, 0.5) is 0 Å². The Morgan fingerprint density at radius 1 is 0.643 bits per heavy atom. The van der Waals surface area contributed by atoms with Crippen LogP contribution in [0.5, 0.6) is 0 Å². The number of hydrogen-bond acceptors (Lipinski definition) is 2. The van der Waals surface area contributed by atoms with Crippen molar-refractivity contribution in [1.82, 2.24) is 0 Å². The smallest absolute Gasteiger partial charge is 0.0763 e. The van der Waals surface area contributed by atoms with E-state index in [9.17, 15) is 8.42 Å². The van der Waals surface area contributed by atoms with Crippen LogP contribution in [-0.4, -0.2) is 52.9 Å². The van der Waals surface area contributed by atoms with Gasteiger partial charge in [-0.05, 0) is 12.8 Å². The van der Waals surface area contributed by atoms with Crippen LogP contribution in [0.15, 0.2) is 0 Å². The van der Waals surface area contributed by atoms with Crippen molar-refractivity contribution in [2.75, 3.05) is 40.0 Å². The lowest BCUT2D eigenvalue weighted by atomic mass is 10.0. The van der Waals surface area contributed by atoms with Crippen LogP contribution in [0.25, 0.3) is 4.72 Å². The van der Waals surface area contributed by atoms with Gasteiger partial charge in [0.05, 0.1) is 37.7 Å². The number of unbranched alkanes of at least 4 members (excludes halogenated alkanes) is 13. The minimum Gasteiger partial charge on any atom is -0.549 e. The van der Waals surface area contributed by atoms with Gasteiger partial charge in [0, 0.05) is 5.75 Å². The van der Waals surface area contributed by atoms with Gasteiger partial charge in [-0.1, -0.05) is 90.4 Å². The molecule has 0 radical (unpaired) electrons. The molecule has 6 heteroatoms. The van der Waals surface area contributed by atoms with Gasteiger partial charge in [0.15, 0.2) is 0 Å². The molecule has 0 aliphatic heterocycles. The number of hydrogen-bond donors (Lipinski definition) is 0. The molecule has 0 rings (SSSR count). The molecule has 0 N–H and O–H groups in total. The third kappa shape index (κ3) is 24.6. The van der Waals surface area contributed by atoms with E-state index in [0.717, 1.165) is 36.7 Å². The highest BCUT2D eigenvalue weighted by Gasteiger charge is 2.05. The molecule has 0 aliphatic carbocycles. The summed E-state index contributed by atoms with van der Waals surface area (Å²) in [5.41, 5.74) is 0. The summed E-state index contributed by atoms with van der Waals surface area (Å²) in [4.78, 5) is 0. The fourth-order valence-electron chi connectivity index (χ4n) is 3.29. The van der Waals surface area contributed by atoms with Crippen molar-refractivity contribution in [2.24, 2.45) is 0 Å². The molecule has 0 saturated carbocycles. The van der Waals surface area contributed by atoms with Gasteiger partial charge in [0.25, 0.3) is 0 Å². The zero-order valence-electron chi connectivity index (χ0n) is 19.3. The number of sulfonamides is 1. The Bertz CT molecular complexity index is 423. The predicted molar refractivity (Wildman–Crippen MR) is 135 cm³/mol. The molecule has 0 fully saturated rings. The Morgan fingerprint density at radius 2 is 1.04 bits per heavy atom. The summed E-state index contributed by atoms with van der Waals surface area (Å²) in [5.74, 6) is 0.232. The second kappa shape index (κ2) is 19.6. The minimum absolute atomic E-state index is 0. The highest BCUT2D eigenvalue weighted by atomic mass is 127. The summed E-state index contributed by atoms with van der Waals surface area (Å²) in [6.45, 7) is 3.66. The van der Waals surface area contributed by atoms with Crippen molar-refractivity contribution in [3.63, 3.8) is 0 Å². The first kappa shape index (κ1) is 30.8. The Labute approximate surface area is 194 Å². The Hall–Kier alpha value is 0.600. The van der Waals surface area contributed by atoms with Crippen LogP contribution in [0.2, 0.25) is 0 Å². The van der Waals surface area contributed by atoms with E-state index < -0.39 is 10.0 Å². The van der Waals surface area contributed by atoms with Crippen molar-refractivity contribution in [2.45, 2.75) is 103 Å². The molecule has 0 spiro atoms. The maximum Gasteiger partial charge on any atom is 0.0763 e. The maximum absolute atomic E-state index is 11.9. The molecule has 0 aromatic carbocycles. The minimum atomic E-state index is -3.20. The first-order valence-corrected chi connectivity index (χ1v) is 13.1. The number of nitrogens with zero attached hydrogens (tertiary/aromatic N) is 2. The lowest BCUT2D eigenvalue weighted by Crippen LogP contribution is -2.35. The highest BCUT2D eigenvalue weighted by molar-refractivity contribution is 14.0. The maximum atomic E-state index is 11.9. The fraction of sp³-hybridized carbons (Fsp3) is 1.00. The van der Waals surface area contributed by atoms with E-state index in [1.54, 1.807) is 0 Å². The average Bonchev–Trinajstić information content (AvgIpc) is 2.58. The standard InChI is InChI=1S/C22H48N2O2S.HI/c1-5-6-7-8-9-10-11-12-13-14-15-16-17-18-22-27(25,26)23-20-19-21-24(2,3)4;/h5-22H2,1-4H3;1H. The van der Waals surface area contributed by atoms with Crippen LogP contribution >= 0.6 is 24.0 Å². The van der Waals surface area contributed by atoms with Gasteiger partial charge in [0.1, 0.15) is 0 Å². The summed E-state index contributed by atoms with van der Waals surface area (Å²) in [6.07, 6.45) is 18.8. The summed E-state index contributed by atoms with van der Waals surface area (Å²) >= 11 is 0. The zero-order chi connectivity index (χ0) is 20.4. The Balaban J connectivity index is 0. The van der Waals surface area contributed by atoms with E-state index in [-0.39, 0.29) is 29.7 Å². The third-order valence-electron chi connectivity index (χ3n) is 5.03. The van der Waals surface area contributed by atoms with E-state index in [1.807, 2.05) is 0 Å². The lowest BCUT2D eigenvalue weighted by molar-refractivity contribution is -0.870.